The lowest BCUT2D eigenvalue weighted by Gasteiger charge is -2.26. The summed E-state index contributed by atoms with van der Waals surface area (Å²) in [6.07, 6.45) is 0. The number of rotatable bonds is 5. The number of anilines is 1. The zero-order chi connectivity index (χ0) is 15.5. The van der Waals surface area contributed by atoms with Crippen LogP contribution in [0.25, 0.3) is 0 Å². The number of ether oxygens (including phenoxy) is 2. The quantitative estimate of drug-likeness (QED) is 0.819. The van der Waals surface area contributed by atoms with E-state index in [0.29, 0.717) is 26.3 Å². The first kappa shape index (κ1) is 16.2. The Bertz CT molecular complexity index is 605. The normalized spacial score (nSPS) is 16.7. The largest absolute Gasteiger partial charge is 0.462 e. The van der Waals surface area contributed by atoms with E-state index in [4.69, 9.17) is 9.47 Å². The Balaban J connectivity index is 2.20. The number of thiophene rings is 1. The van der Waals surface area contributed by atoms with Gasteiger partial charge in [0.05, 0.1) is 25.4 Å². The number of nitrogens with one attached hydrogen (secondary N) is 1. The molecule has 1 saturated heterocycles. The first-order valence-electron chi connectivity index (χ1n) is 6.57. The summed E-state index contributed by atoms with van der Waals surface area (Å²) in [5.41, 5.74) is 0.246. The smallest absolute Gasteiger partial charge is 0.341 e. The minimum atomic E-state index is -3.69. The number of hydrogen-bond acceptors (Lipinski definition) is 6. The molecule has 0 bridgehead atoms. The Hall–Kier alpha value is -1.16. The fourth-order valence-electron chi connectivity index (χ4n) is 1.92. The molecular weight excluding hydrogens is 316 g/mol. The number of hydrogen-bond donors (Lipinski definition) is 1. The number of aryl methyl sites for hydroxylation is 1. The summed E-state index contributed by atoms with van der Waals surface area (Å²) >= 11 is 1.21. The minimum absolute atomic E-state index is 0.239. The predicted octanol–water partition coefficient (Wildman–Crippen LogP) is 1.22. The molecule has 118 valence electrons. The monoisotopic (exact) mass is 334 g/mol. The van der Waals surface area contributed by atoms with Crippen molar-refractivity contribution in [3.8, 4) is 0 Å². The first-order valence-corrected chi connectivity index (χ1v) is 8.83. The SMILES string of the molecule is CCOC(=O)c1cc(C)sc1NS(=O)(=O)N1CCOCC1. The Morgan fingerprint density at radius 3 is 2.76 bits per heavy atom. The van der Waals surface area contributed by atoms with Crippen molar-refractivity contribution in [3.05, 3.63) is 16.5 Å². The zero-order valence-corrected chi connectivity index (χ0v) is 13.6. The van der Waals surface area contributed by atoms with Gasteiger partial charge in [0.1, 0.15) is 5.00 Å². The second kappa shape index (κ2) is 6.73. The number of esters is 1. The van der Waals surface area contributed by atoms with Gasteiger partial charge in [-0.15, -0.1) is 11.3 Å². The van der Waals surface area contributed by atoms with Crippen LogP contribution in [0.2, 0.25) is 0 Å². The van der Waals surface area contributed by atoms with Crippen LogP contribution in [0.4, 0.5) is 5.00 Å². The maximum absolute atomic E-state index is 12.3. The Labute approximate surface area is 128 Å². The fraction of sp³-hybridized carbons (Fsp3) is 0.583. The second-order valence-electron chi connectivity index (χ2n) is 4.44. The standard InChI is InChI=1S/C12H18N2O5S2/c1-3-19-12(15)10-8-9(2)20-11(10)13-21(16,17)14-4-6-18-7-5-14/h8,13H,3-7H2,1-2H3. The van der Waals surface area contributed by atoms with E-state index in [1.807, 2.05) is 0 Å². The van der Waals surface area contributed by atoms with Crippen LogP contribution < -0.4 is 4.72 Å². The average molecular weight is 334 g/mol. The lowest BCUT2D eigenvalue weighted by atomic mass is 10.3. The molecule has 0 unspecified atom stereocenters. The van der Waals surface area contributed by atoms with E-state index in [1.165, 1.54) is 15.6 Å². The van der Waals surface area contributed by atoms with Crippen LogP contribution in [-0.2, 0) is 19.7 Å². The average Bonchev–Trinajstić information content (AvgIpc) is 2.80. The highest BCUT2D eigenvalue weighted by Gasteiger charge is 2.27. The molecule has 0 atom stereocenters. The van der Waals surface area contributed by atoms with Crippen LogP contribution >= 0.6 is 11.3 Å². The molecule has 9 heteroatoms. The molecule has 1 N–H and O–H groups in total. The molecule has 0 aliphatic carbocycles. The van der Waals surface area contributed by atoms with Gasteiger partial charge >= 0.3 is 16.2 Å². The van der Waals surface area contributed by atoms with Gasteiger partial charge in [-0.05, 0) is 19.9 Å². The van der Waals surface area contributed by atoms with Gasteiger partial charge in [0.15, 0.2) is 0 Å². The van der Waals surface area contributed by atoms with E-state index >= 15 is 0 Å². The topological polar surface area (TPSA) is 84.9 Å². The molecule has 0 saturated carbocycles. The van der Waals surface area contributed by atoms with Crippen LogP contribution in [0.3, 0.4) is 0 Å². The molecule has 1 fully saturated rings. The first-order chi connectivity index (χ1) is 9.94. The van der Waals surface area contributed by atoms with Crippen molar-refractivity contribution in [2.24, 2.45) is 0 Å². The summed E-state index contributed by atoms with van der Waals surface area (Å²) in [6, 6.07) is 1.62. The lowest BCUT2D eigenvalue weighted by molar-refractivity contribution is 0.0528. The van der Waals surface area contributed by atoms with E-state index in [1.54, 1.807) is 19.9 Å². The van der Waals surface area contributed by atoms with Crippen molar-refractivity contribution >= 4 is 32.5 Å². The van der Waals surface area contributed by atoms with Crippen molar-refractivity contribution in [1.29, 1.82) is 0 Å². The van der Waals surface area contributed by atoms with E-state index < -0.39 is 16.2 Å². The van der Waals surface area contributed by atoms with Crippen LogP contribution in [0.5, 0.6) is 0 Å². The Morgan fingerprint density at radius 1 is 1.48 bits per heavy atom. The molecule has 1 aromatic heterocycles. The van der Waals surface area contributed by atoms with Gasteiger partial charge in [-0.1, -0.05) is 0 Å². The maximum atomic E-state index is 12.3. The van der Waals surface area contributed by atoms with Gasteiger partial charge in [0.25, 0.3) is 0 Å². The maximum Gasteiger partial charge on any atom is 0.341 e. The minimum Gasteiger partial charge on any atom is -0.462 e. The highest BCUT2D eigenvalue weighted by atomic mass is 32.2. The Kier molecular flexibility index (Phi) is 5.20. The summed E-state index contributed by atoms with van der Waals surface area (Å²) < 4.78 is 38.5. The third-order valence-corrected chi connectivity index (χ3v) is 5.48. The third kappa shape index (κ3) is 3.94. The molecule has 0 radical (unpaired) electrons. The van der Waals surface area contributed by atoms with E-state index in [2.05, 4.69) is 4.72 Å². The number of nitrogens with zero attached hydrogens (tertiary/aromatic N) is 1. The van der Waals surface area contributed by atoms with Gasteiger partial charge in [-0.2, -0.15) is 12.7 Å². The molecule has 2 rings (SSSR count). The van der Waals surface area contributed by atoms with Gasteiger partial charge < -0.3 is 9.47 Å². The summed E-state index contributed by atoms with van der Waals surface area (Å²) in [7, 11) is -3.69. The highest BCUT2D eigenvalue weighted by molar-refractivity contribution is 7.90. The van der Waals surface area contributed by atoms with Crippen LogP contribution in [0.15, 0.2) is 6.07 Å². The van der Waals surface area contributed by atoms with Crippen molar-refractivity contribution in [1.82, 2.24) is 4.31 Å². The van der Waals surface area contributed by atoms with E-state index in [9.17, 15) is 13.2 Å². The number of morpholine rings is 1. The van der Waals surface area contributed by atoms with Gasteiger partial charge in [0.2, 0.25) is 0 Å². The second-order valence-corrected chi connectivity index (χ2v) is 7.37. The zero-order valence-electron chi connectivity index (χ0n) is 11.9. The summed E-state index contributed by atoms with van der Waals surface area (Å²) in [5, 5.41) is 0.289. The molecule has 1 aromatic rings. The molecule has 2 heterocycles. The number of carbonyl (C=O) groups is 1. The summed E-state index contributed by atoms with van der Waals surface area (Å²) in [5.74, 6) is -0.526. The molecular formula is C12H18N2O5S2. The van der Waals surface area contributed by atoms with Crippen LogP contribution in [0.1, 0.15) is 22.2 Å². The fourth-order valence-corrected chi connectivity index (χ4v) is 4.26. The molecule has 0 aromatic carbocycles. The van der Waals surface area contributed by atoms with Crippen molar-refractivity contribution in [2.45, 2.75) is 13.8 Å². The Morgan fingerprint density at radius 2 is 2.14 bits per heavy atom. The van der Waals surface area contributed by atoms with Gasteiger partial charge in [-0.25, -0.2) is 4.79 Å². The lowest BCUT2D eigenvalue weighted by Crippen LogP contribution is -2.43. The summed E-state index contributed by atoms with van der Waals surface area (Å²) in [4.78, 5) is 12.7. The molecule has 21 heavy (non-hydrogen) atoms. The van der Waals surface area contributed by atoms with Gasteiger partial charge in [-0.3, -0.25) is 4.72 Å². The van der Waals surface area contributed by atoms with Crippen molar-refractivity contribution in [2.75, 3.05) is 37.6 Å². The van der Waals surface area contributed by atoms with Crippen molar-refractivity contribution in [3.63, 3.8) is 0 Å². The van der Waals surface area contributed by atoms with Crippen LogP contribution in [0, 0.1) is 6.92 Å². The summed E-state index contributed by atoms with van der Waals surface area (Å²) in [6.45, 7) is 5.09. The molecule has 0 amide bonds. The number of carbonyl (C=O) groups excluding carboxylic acids is 1. The predicted molar refractivity (Wildman–Crippen MR) is 79.9 cm³/mol. The van der Waals surface area contributed by atoms with Gasteiger partial charge in [0, 0.05) is 18.0 Å². The van der Waals surface area contributed by atoms with E-state index in [-0.39, 0.29) is 17.2 Å². The van der Waals surface area contributed by atoms with Crippen molar-refractivity contribution < 1.29 is 22.7 Å². The molecule has 0 spiro atoms. The molecule has 7 nitrogen and oxygen atoms in total. The third-order valence-electron chi connectivity index (χ3n) is 2.88. The molecule has 1 aliphatic rings. The van der Waals surface area contributed by atoms with Crippen LogP contribution in [-0.4, -0.2) is 51.6 Å². The highest BCUT2D eigenvalue weighted by Crippen LogP contribution is 2.29. The molecule has 1 aliphatic heterocycles. The van der Waals surface area contributed by atoms with E-state index in [0.717, 1.165) is 4.88 Å².